The SMILES string of the molecule is Cc1nc(C(F)(F)F)ccc1C(=O)N[C@H]1CCCNCC1. The van der Waals surface area contributed by atoms with Crippen molar-refractivity contribution in [1.82, 2.24) is 15.6 Å². The van der Waals surface area contributed by atoms with Gasteiger partial charge in [0.1, 0.15) is 5.69 Å². The number of nitrogens with one attached hydrogen (secondary N) is 2. The van der Waals surface area contributed by atoms with E-state index < -0.39 is 11.9 Å². The number of amides is 1. The first-order valence-electron chi connectivity index (χ1n) is 6.94. The van der Waals surface area contributed by atoms with Crippen molar-refractivity contribution in [3.05, 3.63) is 29.1 Å². The highest BCUT2D eigenvalue weighted by molar-refractivity contribution is 5.95. The Labute approximate surface area is 121 Å². The number of nitrogens with zero attached hydrogens (tertiary/aromatic N) is 1. The smallest absolute Gasteiger partial charge is 0.349 e. The quantitative estimate of drug-likeness (QED) is 0.881. The van der Waals surface area contributed by atoms with Crippen molar-refractivity contribution >= 4 is 5.91 Å². The molecule has 0 aliphatic carbocycles. The standard InChI is InChI=1S/C14H18F3N3O/c1-9-11(4-5-12(19-9)14(15,16)17)13(21)20-10-3-2-7-18-8-6-10/h4-5,10,18H,2-3,6-8H2,1H3,(H,20,21)/t10-/m0/s1. The average Bonchev–Trinajstić information content (AvgIpc) is 2.66. The van der Waals surface area contributed by atoms with Crippen molar-refractivity contribution < 1.29 is 18.0 Å². The molecule has 1 atom stereocenters. The number of aromatic nitrogens is 1. The number of pyridine rings is 1. The van der Waals surface area contributed by atoms with Gasteiger partial charge in [-0.25, -0.2) is 4.98 Å². The third kappa shape index (κ3) is 4.17. The molecular formula is C14H18F3N3O. The summed E-state index contributed by atoms with van der Waals surface area (Å²) < 4.78 is 37.6. The number of hydrogen-bond acceptors (Lipinski definition) is 3. The van der Waals surface area contributed by atoms with Crippen molar-refractivity contribution in [2.24, 2.45) is 0 Å². The number of carbonyl (C=O) groups excluding carboxylic acids is 1. The second-order valence-electron chi connectivity index (χ2n) is 5.18. The van der Waals surface area contributed by atoms with Crippen LogP contribution in [0.2, 0.25) is 0 Å². The number of hydrogen-bond donors (Lipinski definition) is 2. The molecule has 1 aromatic rings. The molecule has 4 nitrogen and oxygen atoms in total. The lowest BCUT2D eigenvalue weighted by Gasteiger charge is -2.17. The minimum atomic E-state index is -4.49. The van der Waals surface area contributed by atoms with Crippen LogP contribution < -0.4 is 10.6 Å². The molecule has 2 heterocycles. The third-order valence-electron chi connectivity index (χ3n) is 3.53. The number of rotatable bonds is 2. The fourth-order valence-corrected chi connectivity index (χ4v) is 2.39. The molecule has 1 fully saturated rings. The molecule has 0 aromatic carbocycles. The summed E-state index contributed by atoms with van der Waals surface area (Å²) in [4.78, 5) is 15.6. The van der Waals surface area contributed by atoms with Gasteiger partial charge < -0.3 is 10.6 Å². The maximum atomic E-state index is 12.5. The molecular weight excluding hydrogens is 283 g/mol. The van der Waals surface area contributed by atoms with E-state index >= 15 is 0 Å². The van der Waals surface area contributed by atoms with E-state index in [2.05, 4.69) is 15.6 Å². The third-order valence-corrected chi connectivity index (χ3v) is 3.53. The predicted octanol–water partition coefficient (Wildman–Crippen LogP) is 2.28. The van der Waals surface area contributed by atoms with Crippen LogP contribution in [0.15, 0.2) is 12.1 Å². The molecule has 1 aliphatic heterocycles. The van der Waals surface area contributed by atoms with Gasteiger partial charge in [0.2, 0.25) is 0 Å². The molecule has 1 amide bonds. The molecule has 2 N–H and O–H groups in total. The van der Waals surface area contributed by atoms with Gasteiger partial charge in [0.25, 0.3) is 5.91 Å². The molecule has 21 heavy (non-hydrogen) atoms. The van der Waals surface area contributed by atoms with E-state index in [1.807, 2.05) is 0 Å². The van der Waals surface area contributed by atoms with Crippen LogP contribution in [0, 0.1) is 6.92 Å². The molecule has 0 unspecified atom stereocenters. The molecule has 116 valence electrons. The van der Waals surface area contributed by atoms with Gasteiger partial charge in [-0.1, -0.05) is 0 Å². The van der Waals surface area contributed by atoms with Crippen LogP contribution in [0.1, 0.15) is 41.0 Å². The second-order valence-corrected chi connectivity index (χ2v) is 5.18. The van der Waals surface area contributed by atoms with Gasteiger partial charge in [-0.15, -0.1) is 0 Å². The van der Waals surface area contributed by atoms with Crippen molar-refractivity contribution in [2.75, 3.05) is 13.1 Å². The lowest BCUT2D eigenvalue weighted by Crippen LogP contribution is -2.36. The van der Waals surface area contributed by atoms with Crippen molar-refractivity contribution in [3.63, 3.8) is 0 Å². The van der Waals surface area contributed by atoms with Crippen LogP contribution in [0.3, 0.4) is 0 Å². The first kappa shape index (κ1) is 15.8. The van der Waals surface area contributed by atoms with E-state index in [9.17, 15) is 18.0 Å². The summed E-state index contributed by atoms with van der Waals surface area (Å²) in [5.41, 5.74) is -0.690. The fourth-order valence-electron chi connectivity index (χ4n) is 2.39. The van der Waals surface area contributed by atoms with E-state index in [1.54, 1.807) is 0 Å². The number of aryl methyl sites for hydroxylation is 1. The Balaban J connectivity index is 2.08. The van der Waals surface area contributed by atoms with Gasteiger partial charge >= 0.3 is 6.18 Å². The summed E-state index contributed by atoms with van der Waals surface area (Å²) in [6.07, 6.45) is -1.84. The van der Waals surface area contributed by atoms with E-state index in [4.69, 9.17) is 0 Å². The van der Waals surface area contributed by atoms with Crippen molar-refractivity contribution in [2.45, 2.75) is 38.4 Å². The van der Waals surface area contributed by atoms with Crippen LogP contribution in [0.5, 0.6) is 0 Å². The molecule has 1 aromatic heterocycles. The molecule has 1 saturated heterocycles. The topological polar surface area (TPSA) is 54.0 Å². The highest BCUT2D eigenvalue weighted by Crippen LogP contribution is 2.28. The Morgan fingerprint density at radius 1 is 1.33 bits per heavy atom. The van der Waals surface area contributed by atoms with Gasteiger partial charge in [0, 0.05) is 6.04 Å². The monoisotopic (exact) mass is 301 g/mol. The molecule has 0 spiro atoms. The van der Waals surface area contributed by atoms with Gasteiger partial charge in [0.15, 0.2) is 0 Å². The lowest BCUT2D eigenvalue weighted by atomic mass is 10.1. The zero-order chi connectivity index (χ0) is 15.5. The summed E-state index contributed by atoms with van der Waals surface area (Å²) >= 11 is 0. The molecule has 0 bridgehead atoms. The maximum absolute atomic E-state index is 12.5. The number of carbonyl (C=O) groups is 1. The van der Waals surface area contributed by atoms with Gasteiger partial charge in [-0.3, -0.25) is 4.79 Å². The van der Waals surface area contributed by atoms with E-state index in [0.717, 1.165) is 38.4 Å². The Kier molecular flexibility index (Phi) is 4.82. The predicted molar refractivity (Wildman–Crippen MR) is 72.0 cm³/mol. The van der Waals surface area contributed by atoms with Gasteiger partial charge in [-0.2, -0.15) is 13.2 Å². The second kappa shape index (κ2) is 6.43. The Morgan fingerprint density at radius 2 is 2.10 bits per heavy atom. The zero-order valence-corrected chi connectivity index (χ0v) is 11.8. The largest absolute Gasteiger partial charge is 0.433 e. The van der Waals surface area contributed by atoms with E-state index in [0.29, 0.717) is 0 Å². The van der Waals surface area contributed by atoms with Crippen LogP contribution in [0.25, 0.3) is 0 Å². The summed E-state index contributed by atoms with van der Waals surface area (Å²) in [5, 5.41) is 6.11. The molecule has 0 saturated carbocycles. The summed E-state index contributed by atoms with van der Waals surface area (Å²) in [6.45, 7) is 3.17. The normalized spacial score (nSPS) is 19.9. The molecule has 0 radical (unpaired) electrons. The van der Waals surface area contributed by atoms with Crippen molar-refractivity contribution in [1.29, 1.82) is 0 Å². The highest BCUT2D eigenvalue weighted by Gasteiger charge is 2.33. The van der Waals surface area contributed by atoms with Crippen LogP contribution in [-0.2, 0) is 6.18 Å². The van der Waals surface area contributed by atoms with E-state index in [-0.39, 0.29) is 23.2 Å². The Bertz CT molecular complexity index is 509. The van der Waals surface area contributed by atoms with Crippen LogP contribution >= 0.6 is 0 Å². The first-order chi connectivity index (χ1) is 9.88. The summed E-state index contributed by atoms with van der Waals surface area (Å²) in [5.74, 6) is -0.361. The molecule has 1 aliphatic rings. The van der Waals surface area contributed by atoms with Gasteiger partial charge in [-0.05, 0) is 51.4 Å². The summed E-state index contributed by atoms with van der Waals surface area (Å²) in [6, 6.07) is 2.08. The molecule has 2 rings (SSSR count). The van der Waals surface area contributed by atoms with Gasteiger partial charge in [0.05, 0.1) is 11.3 Å². The average molecular weight is 301 g/mol. The molecule has 7 heteroatoms. The van der Waals surface area contributed by atoms with E-state index in [1.165, 1.54) is 13.0 Å². The Morgan fingerprint density at radius 3 is 2.76 bits per heavy atom. The fraction of sp³-hybridized carbons (Fsp3) is 0.571. The number of halogens is 3. The minimum Gasteiger partial charge on any atom is -0.349 e. The van der Waals surface area contributed by atoms with Crippen LogP contribution in [0.4, 0.5) is 13.2 Å². The first-order valence-corrected chi connectivity index (χ1v) is 6.94. The minimum absolute atomic E-state index is 0.0502. The maximum Gasteiger partial charge on any atom is 0.433 e. The highest BCUT2D eigenvalue weighted by atomic mass is 19.4. The number of alkyl halides is 3. The Hall–Kier alpha value is -1.63. The zero-order valence-electron chi connectivity index (χ0n) is 11.8. The lowest BCUT2D eigenvalue weighted by molar-refractivity contribution is -0.141. The summed E-state index contributed by atoms with van der Waals surface area (Å²) in [7, 11) is 0. The van der Waals surface area contributed by atoms with Crippen LogP contribution in [-0.4, -0.2) is 30.0 Å². The van der Waals surface area contributed by atoms with Crippen molar-refractivity contribution in [3.8, 4) is 0 Å².